The lowest BCUT2D eigenvalue weighted by atomic mass is 9.87. The molecule has 1 aliphatic heterocycles. The van der Waals surface area contributed by atoms with Crippen molar-refractivity contribution in [3.63, 3.8) is 0 Å². The maximum Gasteiger partial charge on any atom is 0.251 e. The predicted molar refractivity (Wildman–Crippen MR) is 141 cm³/mol. The van der Waals surface area contributed by atoms with Crippen LogP contribution in [-0.2, 0) is 9.59 Å². The molecule has 1 atom stereocenters. The van der Waals surface area contributed by atoms with Gasteiger partial charge >= 0.3 is 0 Å². The second kappa shape index (κ2) is 10.8. The highest BCUT2D eigenvalue weighted by Crippen LogP contribution is 2.32. The zero-order valence-corrected chi connectivity index (χ0v) is 21.5. The molecule has 1 aromatic heterocycles. The van der Waals surface area contributed by atoms with E-state index in [-0.39, 0.29) is 31.0 Å². The van der Waals surface area contributed by atoms with Crippen molar-refractivity contribution in [1.82, 2.24) is 14.9 Å². The van der Waals surface area contributed by atoms with Crippen LogP contribution in [-0.4, -0.2) is 80.8 Å². The molecule has 1 amide bonds. The minimum atomic E-state index is -1.40. The van der Waals surface area contributed by atoms with E-state index >= 15 is 0 Å². The van der Waals surface area contributed by atoms with Crippen molar-refractivity contribution < 1.29 is 24.9 Å². The molecule has 2 heterocycles. The maximum atomic E-state index is 12.8. The van der Waals surface area contributed by atoms with Gasteiger partial charge in [-0.25, -0.2) is 9.97 Å². The van der Waals surface area contributed by atoms with Crippen molar-refractivity contribution in [3.05, 3.63) is 48.0 Å². The Morgan fingerprint density at radius 1 is 1.05 bits per heavy atom. The lowest BCUT2D eigenvalue weighted by Crippen LogP contribution is -2.52. The van der Waals surface area contributed by atoms with E-state index in [4.69, 9.17) is 9.97 Å². The molecule has 1 fully saturated rings. The molecule has 9 heteroatoms. The fraction of sp³-hybridized carbons (Fsp3) is 0.429. The van der Waals surface area contributed by atoms with Gasteiger partial charge in [0.25, 0.3) is 5.91 Å². The summed E-state index contributed by atoms with van der Waals surface area (Å²) in [5.74, 6) is 0.523. The molecule has 9 nitrogen and oxygen atoms in total. The molecule has 0 spiro atoms. The molecule has 37 heavy (non-hydrogen) atoms. The van der Waals surface area contributed by atoms with E-state index in [0.717, 1.165) is 22.3 Å². The normalized spacial score (nSPS) is 15.2. The highest BCUT2D eigenvalue weighted by molar-refractivity contribution is 5.92. The number of fused-ring (bicyclic) bond motifs is 1. The number of benzene rings is 2. The lowest BCUT2D eigenvalue weighted by molar-refractivity contribution is -0.143. The van der Waals surface area contributed by atoms with E-state index < -0.39 is 17.4 Å². The summed E-state index contributed by atoms with van der Waals surface area (Å²) in [6, 6.07) is 12.9. The summed E-state index contributed by atoms with van der Waals surface area (Å²) < 4.78 is 0. The number of hydrogen-bond donors (Lipinski definition) is 3. The predicted octanol–water partition coefficient (Wildman–Crippen LogP) is 2.69. The van der Waals surface area contributed by atoms with Crippen LogP contribution >= 0.6 is 0 Å². The summed E-state index contributed by atoms with van der Waals surface area (Å²) in [4.78, 5) is 38.3. The molecular weight excluding hydrogens is 472 g/mol. The molecular formula is C28H34N4O5. The first-order valence-electron chi connectivity index (χ1n) is 12.5. The van der Waals surface area contributed by atoms with Gasteiger partial charge in [-0.05, 0) is 42.2 Å². The van der Waals surface area contributed by atoms with Crippen molar-refractivity contribution >= 4 is 28.4 Å². The molecule has 0 aliphatic carbocycles. The van der Waals surface area contributed by atoms with Crippen LogP contribution in [0.4, 0.5) is 5.82 Å². The van der Waals surface area contributed by atoms with E-state index in [2.05, 4.69) is 4.90 Å². The minimum absolute atomic E-state index is 0.0984. The highest BCUT2D eigenvalue weighted by Gasteiger charge is 2.30. The van der Waals surface area contributed by atoms with Crippen molar-refractivity contribution in [3.8, 4) is 17.1 Å². The molecule has 3 N–H and O–H groups in total. The molecule has 0 saturated carbocycles. The number of aryl methyl sites for hydroxylation is 1. The quantitative estimate of drug-likeness (QED) is 0.426. The van der Waals surface area contributed by atoms with Gasteiger partial charge in [-0.1, -0.05) is 32.0 Å². The first-order chi connectivity index (χ1) is 17.6. The Bertz CT molecular complexity index is 1300. The van der Waals surface area contributed by atoms with E-state index in [9.17, 15) is 24.9 Å². The number of nitrogens with zero attached hydrogens (tertiary/aromatic N) is 4. The third-order valence-corrected chi connectivity index (χ3v) is 6.68. The van der Waals surface area contributed by atoms with Gasteiger partial charge in [0.2, 0.25) is 0 Å². The van der Waals surface area contributed by atoms with Crippen LogP contribution in [0.2, 0.25) is 0 Å². The largest absolute Gasteiger partial charge is 0.507 e. The van der Waals surface area contributed by atoms with Gasteiger partial charge < -0.3 is 25.1 Å². The van der Waals surface area contributed by atoms with Crippen LogP contribution in [0.25, 0.3) is 22.3 Å². The Labute approximate surface area is 216 Å². The number of hydrogen-bond acceptors (Lipinski definition) is 8. The smallest absolute Gasteiger partial charge is 0.251 e. The Balaban J connectivity index is 1.50. The van der Waals surface area contributed by atoms with E-state index in [1.165, 1.54) is 0 Å². The number of para-hydroxylation sites is 1. The Hall–Kier alpha value is -3.56. The first kappa shape index (κ1) is 26.5. The van der Waals surface area contributed by atoms with Crippen LogP contribution in [0.3, 0.4) is 0 Å². The second-order valence-electron chi connectivity index (χ2n) is 10.5. The van der Waals surface area contributed by atoms with Gasteiger partial charge in [-0.2, -0.15) is 0 Å². The number of piperazine rings is 1. The number of carbonyl (C=O) groups is 2. The van der Waals surface area contributed by atoms with E-state index in [1.807, 2.05) is 31.2 Å². The highest BCUT2D eigenvalue weighted by atomic mass is 16.3. The van der Waals surface area contributed by atoms with Gasteiger partial charge in [0, 0.05) is 51.0 Å². The second-order valence-corrected chi connectivity index (χ2v) is 10.5. The number of aliphatic hydroxyl groups is 2. The number of carbonyl (C=O) groups excluding carboxylic acids is 2. The fourth-order valence-corrected chi connectivity index (χ4v) is 4.56. The van der Waals surface area contributed by atoms with Crippen LogP contribution in [0.5, 0.6) is 5.75 Å². The molecule has 0 bridgehead atoms. The van der Waals surface area contributed by atoms with Crippen molar-refractivity contribution in [2.75, 3.05) is 37.7 Å². The summed E-state index contributed by atoms with van der Waals surface area (Å²) in [6.07, 6.45) is -1.56. The van der Waals surface area contributed by atoms with E-state index in [0.29, 0.717) is 37.6 Å². The number of phenols is 1. The van der Waals surface area contributed by atoms with Crippen LogP contribution in [0.1, 0.15) is 32.3 Å². The number of ketones is 1. The van der Waals surface area contributed by atoms with Crippen molar-refractivity contribution in [2.24, 2.45) is 5.41 Å². The van der Waals surface area contributed by atoms with Gasteiger partial charge in [-0.15, -0.1) is 0 Å². The molecule has 4 rings (SSSR count). The zero-order chi connectivity index (χ0) is 26.7. The monoisotopic (exact) mass is 506 g/mol. The van der Waals surface area contributed by atoms with Gasteiger partial charge in [-0.3, -0.25) is 9.59 Å². The number of aromatic nitrogens is 2. The van der Waals surface area contributed by atoms with Crippen molar-refractivity contribution in [1.29, 1.82) is 0 Å². The third-order valence-electron chi connectivity index (χ3n) is 6.68. The van der Waals surface area contributed by atoms with Crippen LogP contribution < -0.4 is 4.90 Å². The molecule has 1 saturated heterocycles. The minimum Gasteiger partial charge on any atom is -0.507 e. The molecule has 0 radical (unpaired) electrons. The van der Waals surface area contributed by atoms with Gasteiger partial charge in [0.05, 0.1) is 11.1 Å². The van der Waals surface area contributed by atoms with Crippen molar-refractivity contribution in [2.45, 2.75) is 39.7 Å². The van der Waals surface area contributed by atoms with E-state index in [1.54, 1.807) is 36.9 Å². The summed E-state index contributed by atoms with van der Waals surface area (Å²) in [5.41, 5.74) is 1.78. The van der Waals surface area contributed by atoms with Crippen LogP contribution in [0, 0.1) is 12.3 Å². The molecule has 2 aromatic carbocycles. The first-order valence-corrected chi connectivity index (χ1v) is 12.5. The lowest BCUT2D eigenvalue weighted by Gasteiger charge is -2.36. The van der Waals surface area contributed by atoms with Gasteiger partial charge in [0.1, 0.15) is 23.5 Å². The topological polar surface area (TPSA) is 127 Å². The summed E-state index contributed by atoms with van der Waals surface area (Å²) in [5, 5.41) is 31.0. The average molecular weight is 507 g/mol. The average Bonchev–Trinajstić information content (AvgIpc) is 2.87. The summed E-state index contributed by atoms with van der Waals surface area (Å²) in [7, 11) is 0. The standard InChI is InChI=1S/C28H34N4O5/c1-18-8-9-20-22(14-18)29-25(21-6-4-5-7-23(21)35)30-26(20)31-10-12-32(13-11-31)27(37)24(36)15-19(34)16-28(2,3)17-33/h4-9,14,24,33,35-36H,10-13,15-17H2,1-3H3. The van der Waals surface area contributed by atoms with Gasteiger partial charge in [0.15, 0.2) is 5.82 Å². The number of Topliss-reactive ketones (excluding diaryl/α,β-unsaturated/α-hetero) is 1. The number of aromatic hydroxyl groups is 1. The number of aliphatic hydroxyl groups excluding tert-OH is 2. The molecule has 1 unspecified atom stereocenters. The number of amides is 1. The maximum absolute atomic E-state index is 12.8. The molecule has 196 valence electrons. The third kappa shape index (κ3) is 6.06. The molecule has 1 aliphatic rings. The summed E-state index contributed by atoms with van der Waals surface area (Å²) in [6.45, 7) is 7.10. The number of phenolic OH excluding ortho intramolecular Hbond substituents is 1. The number of anilines is 1. The fourth-order valence-electron chi connectivity index (χ4n) is 4.56. The Morgan fingerprint density at radius 3 is 2.43 bits per heavy atom. The molecule has 3 aromatic rings. The SMILES string of the molecule is Cc1ccc2c(N3CCN(C(=O)C(O)CC(=O)CC(C)(C)CO)CC3)nc(-c3ccccc3O)nc2c1. The Kier molecular flexibility index (Phi) is 7.75. The van der Waals surface area contributed by atoms with Crippen LogP contribution in [0.15, 0.2) is 42.5 Å². The number of rotatable bonds is 8. The zero-order valence-electron chi connectivity index (χ0n) is 21.5. The Morgan fingerprint density at radius 2 is 1.76 bits per heavy atom. The summed E-state index contributed by atoms with van der Waals surface area (Å²) >= 11 is 0.